The Kier molecular flexibility index (Phi) is 5.40. The minimum Gasteiger partial charge on any atom is -0.338 e. The van der Waals surface area contributed by atoms with Crippen LogP contribution in [0.3, 0.4) is 0 Å². The first-order valence-electron chi connectivity index (χ1n) is 9.17. The highest BCUT2D eigenvalue weighted by atomic mass is 16.2. The molecule has 136 valence electrons. The summed E-state index contributed by atoms with van der Waals surface area (Å²) in [6.45, 7) is 7.20. The molecule has 1 atom stereocenters. The second kappa shape index (κ2) is 7.73. The number of nitrogens with one attached hydrogen (secondary N) is 1. The first-order valence-corrected chi connectivity index (χ1v) is 9.17. The lowest BCUT2D eigenvalue weighted by molar-refractivity contribution is -0.121. The van der Waals surface area contributed by atoms with E-state index in [4.69, 9.17) is 0 Å². The number of hydrogen-bond acceptors (Lipinski definition) is 2. The predicted molar refractivity (Wildman–Crippen MR) is 104 cm³/mol. The van der Waals surface area contributed by atoms with Crippen molar-refractivity contribution in [2.45, 2.75) is 33.6 Å². The Labute approximate surface area is 155 Å². The van der Waals surface area contributed by atoms with Crippen LogP contribution < -0.4 is 5.32 Å². The van der Waals surface area contributed by atoms with Crippen molar-refractivity contribution in [2.24, 2.45) is 5.92 Å². The molecule has 0 saturated carbocycles. The second-order valence-corrected chi connectivity index (χ2v) is 7.33. The molecule has 1 saturated heterocycles. The van der Waals surface area contributed by atoms with Gasteiger partial charge in [0.1, 0.15) is 0 Å². The quantitative estimate of drug-likeness (QED) is 0.906. The maximum absolute atomic E-state index is 12.8. The lowest BCUT2D eigenvalue weighted by Gasteiger charge is -2.32. The molecule has 1 unspecified atom stereocenters. The summed E-state index contributed by atoms with van der Waals surface area (Å²) < 4.78 is 0. The molecule has 1 heterocycles. The molecule has 1 aliphatic rings. The fourth-order valence-electron chi connectivity index (χ4n) is 3.63. The molecule has 4 heteroatoms. The van der Waals surface area contributed by atoms with E-state index in [1.165, 1.54) is 0 Å². The van der Waals surface area contributed by atoms with Gasteiger partial charge in [-0.2, -0.15) is 0 Å². The van der Waals surface area contributed by atoms with Crippen LogP contribution in [-0.2, 0) is 4.79 Å². The van der Waals surface area contributed by atoms with Gasteiger partial charge in [-0.15, -0.1) is 0 Å². The van der Waals surface area contributed by atoms with Crippen molar-refractivity contribution < 1.29 is 9.59 Å². The Morgan fingerprint density at radius 2 is 1.73 bits per heavy atom. The lowest BCUT2D eigenvalue weighted by atomic mass is 9.96. The molecule has 0 radical (unpaired) electrons. The van der Waals surface area contributed by atoms with Crippen molar-refractivity contribution in [3.05, 3.63) is 64.7 Å². The van der Waals surface area contributed by atoms with Gasteiger partial charge < -0.3 is 10.2 Å². The van der Waals surface area contributed by atoms with Gasteiger partial charge in [-0.1, -0.05) is 23.8 Å². The summed E-state index contributed by atoms with van der Waals surface area (Å²) in [4.78, 5) is 27.3. The van der Waals surface area contributed by atoms with E-state index in [0.717, 1.165) is 35.2 Å². The summed E-state index contributed by atoms with van der Waals surface area (Å²) in [7, 11) is 0. The Morgan fingerprint density at radius 3 is 2.42 bits per heavy atom. The van der Waals surface area contributed by atoms with Crippen molar-refractivity contribution >= 4 is 17.5 Å². The SMILES string of the molecule is Cc1cc(C)cc(NC(=O)C2CCCN(C(=O)c3cccc(C)c3)C2)c1. The Balaban J connectivity index is 1.67. The molecular weight excluding hydrogens is 324 g/mol. The number of rotatable bonds is 3. The second-order valence-electron chi connectivity index (χ2n) is 7.33. The third kappa shape index (κ3) is 4.31. The van der Waals surface area contributed by atoms with Gasteiger partial charge >= 0.3 is 0 Å². The molecule has 2 amide bonds. The lowest BCUT2D eigenvalue weighted by Crippen LogP contribution is -2.43. The molecule has 1 fully saturated rings. The number of benzene rings is 2. The molecule has 3 rings (SSSR count). The van der Waals surface area contributed by atoms with Crippen molar-refractivity contribution in [2.75, 3.05) is 18.4 Å². The van der Waals surface area contributed by atoms with E-state index in [-0.39, 0.29) is 17.7 Å². The van der Waals surface area contributed by atoms with Gasteiger partial charge in [0.2, 0.25) is 5.91 Å². The number of nitrogens with zero attached hydrogens (tertiary/aromatic N) is 1. The van der Waals surface area contributed by atoms with Gasteiger partial charge in [0, 0.05) is 24.3 Å². The number of carbonyl (C=O) groups is 2. The van der Waals surface area contributed by atoms with Crippen LogP contribution in [0.2, 0.25) is 0 Å². The van der Waals surface area contributed by atoms with E-state index in [9.17, 15) is 9.59 Å². The van der Waals surface area contributed by atoms with E-state index < -0.39 is 0 Å². The third-order valence-corrected chi connectivity index (χ3v) is 4.83. The van der Waals surface area contributed by atoms with Gasteiger partial charge in [0.05, 0.1) is 5.92 Å². The highest BCUT2D eigenvalue weighted by Crippen LogP contribution is 2.22. The summed E-state index contributed by atoms with van der Waals surface area (Å²) in [5.74, 6) is -0.160. The summed E-state index contributed by atoms with van der Waals surface area (Å²) in [5.41, 5.74) is 4.84. The van der Waals surface area contributed by atoms with Crippen LogP contribution in [0.1, 0.15) is 39.9 Å². The molecule has 1 aliphatic heterocycles. The Bertz CT molecular complexity index is 808. The van der Waals surface area contributed by atoms with E-state index in [1.807, 2.05) is 62.1 Å². The zero-order chi connectivity index (χ0) is 18.7. The molecular formula is C22H26N2O2. The number of anilines is 1. The summed E-state index contributed by atoms with van der Waals surface area (Å²) >= 11 is 0. The summed E-state index contributed by atoms with van der Waals surface area (Å²) in [6.07, 6.45) is 1.66. The molecule has 2 aromatic rings. The number of amides is 2. The standard InChI is InChI=1S/C22H26N2O2/c1-15-6-4-7-18(11-15)22(26)24-9-5-8-19(14-24)21(25)23-20-12-16(2)10-17(3)13-20/h4,6-7,10-13,19H,5,8-9,14H2,1-3H3,(H,23,25). The number of likely N-dealkylation sites (tertiary alicyclic amines) is 1. The molecule has 0 bridgehead atoms. The van der Waals surface area contributed by atoms with Crippen molar-refractivity contribution in [1.82, 2.24) is 4.90 Å². The Hall–Kier alpha value is -2.62. The Morgan fingerprint density at radius 1 is 1.00 bits per heavy atom. The van der Waals surface area contributed by atoms with Gasteiger partial charge in [0.15, 0.2) is 0 Å². The number of piperidine rings is 1. The molecule has 1 N–H and O–H groups in total. The van der Waals surface area contributed by atoms with Crippen LogP contribution in [-0.4, -0.2) is 29.8 Å². The van der Waals surface area contributed by atoms with Crippen LogP contribution in [0.5, 0.6) is 0 Å². The van der Waals surface area contributed by atoms with Crippen molar-refractivity contribution in [3.8, 4) is 0 Å². The van der Waals surface area contributed by atoms with Crippen LogP contribution in [0, 0.1) is 26.7 Å². The smallest absolute Gasteiger partial charge is 0.253 e. The highest BCUT2D eigenvalue weighted by molar-refractivity contribution is 5.96. The molecule has 0 aromatic heterocycles. The van der Waals surface area contributed by atoms with E-state index in [1.54, 1.807) is 0 Å². The topological polar surface area (TPSA) is 49.4 Å². The molecule has 0 aliphatic carbocycles. The van der Waals surface area contributed by atoms with Gasteiger partial charge in [-0.05, 0) is 69.0 Å². The van der Waals surface area contributed by atoms with E-state index in [0.29, 0.717) is 18.7 Å². The average molecular weight is 350 g/mol. The van der Waals surface area contributed by atoms with Gasteiger partial charge in [0.25, 0.3) is 5.91 Å². The summed E-state index contributed by atoms with van der Waals surface area (Å²) in [5, 5.41) is 3.02. The first-order chi connectivity index (χ1) is 12.4. The number of hydrogen-bond donors (Lipinski definition) is 1. The minimum absolute atomic E-state index is 0.00302. The average Bonchev–Trinajstić information content (AvgIpc) is 2.60. The fourth-order valence-corrected chi connectivity index (χ4v) is 3.63. The van der Waals surface area contributed by atoms with E-state index >= 15 is 0 Å². The monoisotopic (exact) mass is 350 g/mol. The largest absolute Gasteiger partial charge is 0.338 e. The normalized spacial score (nSPS) is 17.0. The van der Waals surface area contributed by atoms with Crippen LogP contribution in [0.15, 0.2) is 42.5 Å². The van der Waals surface area contributed by atoms with Gasteiger partial charge in [-0.25, -0.2) is 0 Å². The molecule has 2 aromatic carbocycles. The minimum atomic E-state index is -0.168. The highest BCUT2D eigenvalue weighted by Gasteiger charge is 2.29. The summed E-state index contributed by atoms with van der Waals surface area (Å²) in [6, 6.07) is 13.7. The molecule has 0 spiro atoms. The first kappa shape index (κ1) is 18.2. The van der Waals surface area contributed by atoms with Crippen molar-refractivity contribution in [1.29, 1.82) is 0 Å². The zero-order valence-electron chi connectivity index (χ0n) is 15.7. The zero-order valence-corrected chi connectivity index (χ0v) is 15.7. The van der Waals surface area contributed by atoms with Crippen LogP contribution in [0.25, 0.3) is 0 Å². The third-order valence-electron chi connectivity index (χ3n) is 4.83. The molecule has 26 heavy (non-hydrogen) atoms. The van der Waals surface area contributed by atoms with Crippen LogP contribution >= 0.6 is 0 Å². The fraction of sp³-hybridized carbons (Fsp3) is 0.364. The van der Waals surface area contributed by atoms with E-state index in [2.05, 4.69) is 11.4 Å². The maximum atomic E-state index is 12.8. The van der Waals surface area contributed by atoms with Crippen molar-refractivity contribution in [3.63, 3.8) is 0 Å². The van der Waals surface area contributed by atoms with Crippen LogP contribution in [0.4, 0.5) is 5.69 Å². The molecule has 4 nitrogen and oxygen atoms in total. The number of aryl methyl sites for hydroxylation is 3. The predicted octanol–water partition coefficient (Wildman–Crippen LogP) is 4.10. The number of carbonyl (C=O) groups excluding carboxylic acids is 2. The van der Waals surface area contributed by atoms with Gasteiger partial charge in [-0.3, -0.25) is 9.59 Å². The maximum Gasteiger partial charge on any atom is 0.253 e.